The highest BCUT2D eigenvalue weighted by molar-refractivity contribution is 6.05. The number of fused-ring (bicyclic) bond motifs is 4. The quantitative estimate of drug-likeness (QED) is 0.566. The number of carboxylic acid groups (broad SMARTS) is 1. The molecule has 2 aromatic carbocycles. The molecule has 0 bridgehead atoms. The molecule has 2 aliphatic heterocycles. The maximum absolute atomic E-state index is 13.1. The Morgan fingerprint density at radius 1 is 1.16 bits per heavy atom. The van der Waals surface area contributed by atoms with Crippen LogP contribution in [-0.4, -0.2) is 43.3 Å². The zero-order valence-electron chi connectivity index (χ0n) is 17.5. The van der Waals surface area contributed by atoms with Crippen molar-refractivity contribution in [2.45, 2.75) is 43.6 Å². The molecule has 3 aromatic rings. The maximum Gasteiger partial charge on any atom is 0.326 e. The van der Waals surface area contributed by atoms with E-state index in [9.17, 15) is 24.6 Å². The average molecular weight is 434 g/mol. The van der Waals surface area contributed by atoms with Crippen molar-refractivity contribution >= 4 is 28.5 Å². The third kappa shape index (κ3) is 2.71. The van der Waals surface area contributed by atoms with Gasteiger partial charge < -0.3 is 10.2 Å². The second-order valence-corrected chi connectivity index (χ2v) is 8.82. The first kappa shape index (κ1) is 20.3. The van der Waals surface area contributed by atoms with Crippen molar-refractivity contribution in [2.75, 3.05) is 4.90 Å². The van der Waals surface area contributed by atoms with Crippen LogP contribution in [0.5, 0.6) is 0 Å². The van der Waals surface area contributed by atoms with Crippen LogP contribution in [0.4, 0.5) is 5.69 Å². The van der Waals surface area contributed by atoms with Crippen LogP contribution in [0, 0.1) is 0 Å². The molecule has 164 valence electrons. The Morgan fingerprint density at radius 2 is 1.84 bits per heavy atom. The summed E-state index contributed by atoms with van der Waals surface area (Å²) in [4.78, 5) is 44.1. The lowest BCUT2D eigenvalue weighted by Gasteiger charge is -2.33. The minimum absolute atomic E-state index is 0.220. The first-order chi connectivity index (χ1) is 15.1. The van der Waals surface area contributed by atoms with Crippen LogP contribution in [0.15, 0.2) is 59.7 Å². The number of para-hydroxylation sites is 2. The van der Waals surface area contributed by atoms with Crippen LogP contribution in [0.1, 0.15) is 31.9 Å². The lowest BCUT2D eigenvalue weighted by Crippen LogP contribution is -2.52. The van der Waals surface area contributed by atoms with Gasteiger partial charge in [0.2, 0.25) is 5.91 Å². The molecule has 5 rings (SSSR count). The molecule has 0 unspecified atom stereocenters. The van der Waals surface area contributed by atoms with E-state index in [0.29, 0.717) is 16.8 Å². The van der Waals surface area contributed by atoms with Crippen LogP contribution in [0.3, 0.4) is 0 Å². The van der Waals surface area contributed by atoms with Gasteiger partial charge in [0.25, 0.3) is 5.56 Å². The van der Waals surface area contributed by atoms with Crippen LogP contribution >= 0.6 is 0 Å². The van der Waals surface area contributed by atoms with Crippen molar-refractivity contribution in [3.05, 3.63) is 70.8 Å². The number of aliphatic hydroxyl groups is 1. The zero-order valence-corrected chi connectivity index (χ0v) is 17.5. The van der Waals surface area contributed by atoms with Crippen molar-refractivity contribution in [1.82, 2.24) is 14.9 Å². The predicted molar refractivity (Wildman–Crippen MR) is 116 cm³/mol. The van der Waals surface area contributed by atoms with Gasteiger partial charge in [-0.05, 0) is 32.0 Å². The molecule has 32 heavy (non-hydrogen) atoms. The Bertz CT molecular complexity index is 1330. The van der Waals surface area contributed by atoms with E-state index in [-0.39, 0.29) is 17.7 Å². The van der Waals surface area contributed by atoms with Crippen LogP contribution in [-0.2, 0) is 15.2 Å². The number of hydrogen-bond donors (Lipinski definition) is 3. The number of carbonyl (C=O) groups excluding carboxylic acids is 1. The molecule has 1 fully saturated rings. The van der Waals surface area contributed by atoms with E-state index in [4.69, 9.17) is 0 Å². The van der Waals surface area contributed by atoms with Gasteiger partial charge in [0.1, 0.15) is 17.8 Å². The summed E-state index contributed by atoms with van der Waals surface area (Å²) in [6, 6.07) is 12.2. The van der Waals surface area contributed by atoms with Crippen molar-refractivity contribution in [2.24, 2.45) is 0 Å². The molecule has 3 atom stereocenters. The van der Waals surface area contributed by atoms with Crippen LogP contribution in [0.2, 0.25) is 0 Å². The Balaban J connectivity index is 1.64. The third-order valence-electron chi connectivity index (χ3n) is 6.41. The second-order valence-electron chi connectivity index (χ2n) is 8.82. The van der Waals surface area contributed by atoms with E-state index in [0.717, 1.165) is 4.57 Å². The maximum atomic E-state index is 13.1. The predicted octanol–water partition coefficient (Wildman–Crippen LogP) is 1.35. The highest BCUT2D eigenvalue weighted by Gasteiger charge is 2.61. The fourth-order valence-corrected chi connectivity index (χ4v) is 4.79. The minimum Gasteiger partial charge on any atom is -0.480 e. The number of amides is 1. The smallest absolute Gasteiger partial charge is 0.326 e. The van der Waals surface area contributed by atoms with Gasteiger partial charge in [-0.25, -0.2) is 9.78 Å². The topological polar surface area (TPSA) is 125 Å². The molecule has 1 saturated heterocycles. The Hall–Kier alpha value is -3.56. The van der Waals surface area contributed by atoms with Gasteiger partial charge in [-0.2, -0.15) is 0 Å². The molecule has 3 heterocycles. The summed E-state index contributed by atoms with van der Waals surface area (Å²) in [5.41, 5.74) is -1.77. The molecular weight excluding hydrogens is 412 g/mol. The van der Waals surface area contributed by atoms with Gasteiger partial charge in [-0.1, -0.05) is 30.3 Å². The SMILES string of the molecule is CC1(C)N[C@H]2N(C1=O)c1ccccc1[C@]2(O)C[C@@H](C(=O)O)n1cnc2ccccc2c1=O. The summed E-state index contributed by atoms with van der Waals surface area (Å²) in [6.07, 6.45) is -0.00673. The molecule has 1 amide bonds. The standard InChI is InChI=1S/C23H22N4O5/c1-22(2)21(31)27-16-10-6-4-8-14(16)23(32,20(27)25-22)11-17(19(29)30)26-12-24-15-9-5-3-7-13(15)18(26)28/h3-10,12,17,20,25,32H,11H2,1-2H3,(H,29,30)/t17-,20-,23+/m0/s1. The number of carbonyl (C=O) groups is 2. The molecule has 9 nitrogen and oxygen atoms in total. The number of rotatable bonds is 4. The molecule has 1 aromatic heterocycles. The van der Waals surface area contributed by atoms with E-state index in [1.54, 1.807) is 62.4 Å². The summed E-state index contributed by atoms with van der Waals surface area (Å²) in [6.45, 7) is 3.42. The molecule has 2 aliphatic rings. The molecule has 0 spiro atoms. The largest absolute Gasteiger partial charge is 0.480 e. The molecule has 3 N–H and O–H groups in total. The average Bonchev–Trinajstić information content (AvgIpc) is 3.15. The van der Waals surface area contributed by atoms with E-state index in [1.807, 2.05) is 0 Å². The Kier molecular flexibility index (Phi) is 4.27. The number of benzene rings is 2. The van der Waals surface area contributed by atoms with Gasteiger partial charge in [-0.3, -0.25) is 24.4 Å². The van der Waals surface area contributed by atoms with Crippen LogP contribution < -0.4 is 15.8 Å². The summed E-state index contributed by atoms with van der Waals surface area (Å²) in [5.74, 6) is -1.50. The van der Waals surface area contributed by atoms with Crippen molar-refractivity contribution in [3.8, 4) is 0 Å². The van der Waals surface area contributed by atoms with Crippen molar-refractivity contribution < 1.29 is 19.8 Å². The summed E-state index contributed by atoms with van der Waals surface area (Å²) in [7, 11) is 0. The summed E-state index contributed by atoms with van der Waals surface area (Å²) >= 11 is 0. The summed E-state index contributed by atoms with van der Waals surface area (Å²) < 4.78 is 1.04. The van der Waals surface area contributed by atoms with Gasteiger partial charge in [0.05, 0.1) is 28.5 Å². The highest BCUT2D eigenvalue weighted by Crippen LogP contribution is 2.50. The van der Waals surface area contributed by atoms with Crippen molar-refractivity contribution in [1.29, 1.82) is 0 Å². The normalized spacial score (nSPS) is 24.4. The molecular formula is C23H22N4O5. The number of anilines is 1. The zero-order chi connectivity index (χ0) is 22.8. The van der Waals surface area contributed by atoms with E-state index in [1.165, 1.54) is 11.2 Å². The van der Waals surface area contributed by atoms with Crippen LogP contribution in [0.25, 0.3) is 10.9 Å². The third-order valence-corrected chi connectivity index (χ3v) is 6.41. The number of carboxylic acids is 1. The molecule has 9 heteroatoms. The number of hydrogen-bond acceptors (Lipinski definition) is 6. The minimum atomic E-state index is -1.74. The van der Waals surface area contributed by atoms with E-state index < -0.39 is 34.9 Å². The monoisotopic (exact) mass is 434 g/mol. The number of aliphatic carboxylic acids is 1. The van der Waals surface area contributed by atoms with Gasteiger partial charge in [-0.15, -0.1) is 0 Å². The lowest BCUT2D eigenvalue weighted by molar-refractivity contribution is -0.144. The Morgan fingerprint density at radius 3 is 2.59 bits per heavy atom. The summed E-state index contributed by atoms with van der Waals surface area (Å²) in [5, 5.41) is 25.4. The second kappa shape index (κ2) is 6.72. The first-order valence-corrected chi connectivity index (χ1v) is 10.3. The number of nitrogens with one attached hydrogen (secondary N) is 1. The molecule has 0 aliphatic carbocycles. The lowest BCUT2D eigenvalue weighted by atomic mass is 9.86. The molecule has 0 radical (unpaired) electrons. The van der Waals surface area contributed by atoms with Gasteiger partial charge in [0.15, 0.2) is 0 Å². The van der Waals surface area contributed by atoms with Gasteiger partial charge >= 0.3 is 5.97 Å². The number of nitrogens with zero attached hydrogens (tertiary/aromatic N) is 3. The van der Waals surface area contributed by atoms with Gasteiger partial charge in [0, 0.05) is 12.0 Å². The molecule has 0 saturated carbocycles. The fraction of sp³-hybridized carbons (Fsp3) is 0.304. The van der Waals surface area contributed by atoms with Crippen molar-refractivity contribution in [3.63, 3.8) is 0 Å². The first-order valence-electron chi connectivity index (χ1n) is 10.3. The Labute approximate surface area is 182 Å². The fourth-order valence-electron chi connectivity index (χ4n) is 4.79. The van der Waals surface area contributed by atoms with E-state index in [2.05, 4.69) is 10.3 Å². The highest BCUT2D eigenvalue weighted by atomic mass is 16.4. The number of aromatic nitrogens is 2. The van der Waals surface area contributed by atoms with E-state index >= 15 is 0 Å².